The van der Waals surface area contributed by atoms with E-state index >= 15 is 0 Å². The maximum absolute atomic E-state index is 10.2. The molecule has 1 saturated heterocycles. The minimum atomic E-state index is -1.17. The number of nitrogens with two attached hydrogens (primary N) is 2. The highest BCUT2D eigenvalue weighted by atomic mass is 35.5. The summed E-state index contributed by atoms with van der Waals surface area (Å²) in [5, 5.41) is 20.1. The van der Waals surface area contributed by atoms with Crippen LogP contribution in [0.3, 0.4) is 0 Å². The number of aliphatic hydroxyl groups excluding tert-OH is 2. The predicted octanol–water partition coefficient (Wildman–Crippen LogP) is -1.27. The van der Waals surface area contributed by atoms with E-state index in [1.165, 1.54) is 10.9 Å². The van der Waals surface area contributed by atoms with Crippen molar-refractivity contribution in [3.63, 3.8) is 0 Å². The number of nitrogen functional groups attached to an aromatic ring is 1. The molecule has 21 heavy (non-hydrogen) atoms. The molecule has 6 N–H and O–H groups in total. The molecule has 0 spiro atoms. The first-order valence-electron chi connectivity index (χ1n) is 6.33. The molecule has 0 unspecified atom stereocenters. The average molecular weight is 315 g/mol. The molecular formula is C11H15ClN6O3. The van der Waals surface area contributed by atoms with Crippen LogP contribution in [0.25, 0.3) is 11.2 Å². The van der Waals surface area contributed by atoms with Gasteiger partial charge < -0.3 is 26.4 Å². The summed E-state index contributed by atoms with van der Waals surface area (Å²) in [4.78, 5) is 12.2. The minimum Gasteiger partial charge on any atom is -0.387 e. The fourth-order valence-electron chi connectivity index (χ4n) is 2.45. The zero-order valence-electron chi connectivity index (χ0n) is 10.9. The summed E-state index contributed by atoms with van der Waals surface area (Å²) in [7, 11) is 0. The van der Waals surface area contributed by atoms with Gasteiger partial charge in [-0.15, -0.1) is 11.6 Å². The first-order valence-corrected chi connectivity index (χ1v) is 6.86. The van der Waals surface area contributed by atoms with E-state index in [4.69, 9.17) is 27.8 Å². The molecule has 4 atom stereocenters. The predicted molar refractivity (Wildman–Crippen MR) is 74.3 cm³/mol. The van der Waals surface area contributed by atoms with Gasteiger partial charge in [0.05, 0.1) is 12.4 Å². The SMILES string of the molecule is NCc1nc2c(N)ncnc2n1[C@@H]1O[C@H](CCl)[C@@H](O)[C@H]1O. The van der Waals surface area contributed by atoms with Crippen molar-refractivity contribution in [3.05, 3.63) is 12.2 Å². The fourth-order valence-corrected chi connectivity index (χ4v) is 2.71. The largest absolute Gasteiger partial charge is 0.387 e. The van der Waals surface area contributed by atoms with Crippen molar-refractivity contribution >= 4 is 28.6 Å². The van der Waals surface area contributed by atoms with Gasteiger partial charge in [-0.2, -0.15) is 0 Å². The number of imidazole rings is 1. The highest BCUT2D eigenvalue weighted by Crippen LogP contribution is 2.33. The van der Waals surface area contributed by atoms with Crippen molar-refractivity contribution in [2.75, 3.05) is 11.6 Å². The Labute approximate surface area is 124 Å². The van der Waals surface area contributed by atoms with Crippen LogP contribution in [0.5, 0.6) is 0 Å². The Morgan fingerprint density at radius 2 is 2.10 bits per heavy atom. The van der Waals surface area contributed by atoms with Gasteiger partial charge in [-0.25, -0.2) is 15.0 Å². The van der Waals surface area contributed by atoms with E-state index in [9.17, 15) is 10.2 Å². The third-order valence-corrected chi connectivity index (χ3v) is 3.81. The Kier molecular flexibility index (Phi) is 3.68. The van der Waals surface area contributed by atoms with Crippen LogP contribution in [-0.4, -0.2) is 53.9 Å². The van der Waals surface area contributed by atoms with Gasteiger partial charge in [0.2, 0.25) is 0 Å². The maximum Gasteiger partial charge on any atom is 0.167 e. The van der Waals surface area contributed by atoms with Gasteiger partial charge in [0.25, 0.3) is 0 Å². The molecule has 3 rings (SSSR count). The van der Waals surface area contributed by atoms with E-state index in [1.54, 1.807) is 0 Å². The summed E-state index contributed by atoms with van der Waals surface area (Å²) in [6.07, 6.45) is -2.56. The Morgan fingerprint density at radius 3 is 2.71 bits per heavy atom. The van der Waals surface area contributed by atoms with Crippen molar-refractivity contribution in [1.82, 2.24) is 19.5 Å². The number of nitrogens with zero attached hydrogens (tertiary/aromatic N) is 4. The van der Waals surface area contributed by atoms with Crippen LogP contribution < -0.4 is 11.5 Å². The summed E-state index contributed by atoms with van der Waals surface area (Å²) < 4.78 is 7.13. The highest BCUT2D eigenvalue weighted by Gasteiger charge is 2.44. The van der Waals surface area contributed by atoms with Crippen LogP contribution in [-0.2, 0) is 11.3 Å². The molecule has 0 aromatic carbocycles. The lowest BCUT2D eigenvalue weighted by molar-refractivity contribution is -0.0307. The van der Waals surface area contributed by atoms with Crippen molar-refractivity contribution in [3.8, 4) is 0 Å². The Balaban J connectivity index is 2.14. The second-order valence-corrected chi connectivity index (χ2v) is 5.04. The molecule has 0 aliphatic carbocycles. The van der Waals surface area contributed by atoms with Crippen LogP contribution in [0.1, 0.15) is 12.1 Å². The summed E-state index contributed by atoms with van der Waals surface area (Å²) in [6.45, 7) is 0.0873. The molecule has 0 amide bonds. The number of anilines is 1. The normalized spacial score (nSPS) is 29.3. The summed E-state index contributed by atoms with van der Waals surface area (Å²) in [6, 6.07) is 0. The molecule has 9 nitrogen and oxygen atoms in total. The van der Waals surface area contributed by atoms with Crippen LogP contribution >= 0.6 is 11.6 Å². The van der Waals surface area contributed by atoms with Gasteiger partial charge in [0.1, 0.15) is 30.5 Å². The van der Waals surface area contributed by atoms with E-state index in [0.29, 0.717) is 17.0 Å². The highest BCUT2D eigenvalue weighted by molar-refractivity contribution is 6.18. The summed E-state index contributed by atoms with van der Waals surface area (Å²) >= 11 is 5.72. The molecule has 0 saturated carbocycles. The monoisotopic (exact) mass is 314 g/mol. The van der Waals surface area contributed by atoms with E-state index in [2.05, 4.69) is 15.0 Å². The molecule has 0 radical (unpaired) electrons. The molecule has 0 bridgehead atoms. The van der Waals surface area contributed by atoms with Crippen molar-refractivity contribution in [1.29, 1.82) is 0 Å². The first-order chi connectivity index (χ1) is 10.1. The standard InChI is InChI=1S/C11H15ClN6O3/c12-1-4-7(19)8(20)11(21-4)18-5(2-13)17-6-9(14)15-3-16-10(6)18/h3-4,7-8,11,19-20H,1-2,13H2,(H2,14,15,16)/t4-,7-,8-,11-/m1/s1. The second-order valence-electron chi connectivity index (χ2n) is 4.73. The van der Waals surface area contributed by atoms with Crippen LogP contribution in [0.15, 0.2) is 6.33 Å². The third-order valence-electron chi connectivity index (χ3n) is 3.50. The zero-order chi connectivity index (χ0) is 15.1. The van der Waals surface area contributed by atoms with Gasteiger partial charge >= 0.3 is 0 Å². The molecule has 2 aromatic heterocycles. The number of rotatable bonds is 3. The molecule has 1 aliphatic heterocycles. The van der Waals surface area contributed by atoms with Gasteiger partial charge in [-0.1, -0.05) is 0 Å². The lowest BCUT2D eigenvalue weighted by atomic mass is 10.1. The number of aromatic nitrogens is 4. The lowest BCUT2D eigenvalue weighted by Gasteiger charge is -2.18. The lowest BCUT2D eigenvalue weighted by Crippen LogP contribution is -2.32. The number of alkyl halides is 1. The Morgan fingerprint density at radius 1 is 1.33 bits per heavy atom. The van der Waals surface area contributed by atoms with Crippen LogP contribution in [0, 0.1) is 0 Å². The smallest absolute Gasteiger partial charge is 0.167 e. The van der Waals surface area contributed by atoms with Gasteiger partial charge in [-0.3, -0.25) is 4.57 Å². The summed E-state index contributed by atoms with van der Waals surface area (Å²) in [5.74, 6) is 0.676. The van der Waals surface area contributed by atoms with E-state index < -0.39 is 24.5 Å². The topological polar surface area (TPSA) is 145 Å². The molecule has 114 valence electrons. The van der Waals surface area contributed by atoms with E-state index in [-0.39, 0.29) is 18.2 Å². The number of hydrogen-bond acceptors (Lipinski definition) is 8. The number of ether oxygens (including phenoxy) is 1. The minimum absolute atomic E-state index is 0.0520. The molecule has 10 heteroatoms. The Hall–Kier alpha value is -1.52. The molecule has 1 fully saturated rings. The second kappa shape index (κ2) is 5.35. The third kappa shape index (κ3) is 2.14. The molecule has 3 heterocycles. The van der Waals surface area contributed by atoms with Crippen LogP contribution in [0.2, 0.25) is 0 Å². The number of aliphatic hydroxyl groups is 2. The zero-order valence-corrected chi connectivity index (χ0v) is 11.7. The quantitative estimate of drug-likeness (QED) is 0.513. The van der Waals surface area contributed by atoms with Gasteiger partial charge in [0.15, 0.2) is 23.2 Å². The summed E-state index contributed by atoms with van der Waals surface area (Å²) in [5.41, 5.74) is 12.2. The first kappa shape index (κ1) is 14.4. The molecule has 2 aromatic rings. The number of halogens is 1. The van der Waals surface area contributed by atoms with Crippen molar-refractivity contribution < 1.29 is 14.9 Å². The van der Waals surface area contributed by atoms with E-state index in [0.717, 1.165) is 0 Å². The van der Waals surface area contributed by atoms with Crippen molar-refractivity contribution in [2.24, 2.45) is 5.73 Å². The fraction of sp³-hybridized carbons (Fsp3) is 0.545. The van der Waals surface area contributed by atoms with Crippen molar-refractivity contribution in [2.45, 2.75) is 31.1 Å². The maximum atomic E-state index is 10.2. The number of hydrogen-bond donors (Lipinski definition) is 4. The van der Waals surface area contributed by atoms with Gasteiger partial charge in [0, 0.05) is 0 Å². The molecular weight excluding hydrogens is 300 g/mol. The average Bonchev–Trinajstić information content (AvgIpc) is 2.99. The Bertz CT molecular complexity index is 665. The molecule has 1 aliphatic rings. The van der Waals surface area contributed by atoms with Gasteiger partial charge in [-0.05, 0) is 0 Å². The number of fused-ring (bicyclic) bond motifs is 1. The van der Waals surface area contributed by atoms with E-state index in [1.807, 2.05) is 0 Å². The van der Waals surface area contributed by atoms with Crippen LogP contribution in [0.4, 0.5) is 5.82 Å².